The summed E-state index contributed by atoms with van der Waals surface area (Å²) in [5, 5.41) is 54.7. The highest BCUT2D eigenvalue weighted by molar-refractivity contribution is 5.87. The van der Waals surface area contributed by atoms with Crippen LogP contribution in [0.3, 0.4) is 0 Å². The highest BCUT2D eigenvalue weighted by atomic mass is 16.6. The minimum absolute atomic E-state index is 0.204. The van der Waals surface area contributed by atoms with Gasteiger partial charge in [0.25, 0.3) is 0 Å². The van der Waals surface area contributed by atoms with E-state index in [0.29, 0.717) is 29.4 Å². The van der Waals surface area contributed by atoms with Crippen LogP contribution < -0.4 is 5.73 Å². The van der Waals surface area contributed by atoms with Gasteiger partial charge in [-0.3, -0.25) is 4.79 Å². The standard InChI is InChI=1S/C16H19NO6.C9H8O4.C7H16/c17-16(22)10-3-5-12(19)14(8-10)23-15(21)6-2-9-1-4-11(18)13(20)7-9;10-7-3-1-6(5-8(7)11)2-4-9(12)13;1-5-6-7(2,3)4/h1-2,4,6-7,10,12,14,18-20H,3,5,8H2,(H2,17,22);1-5,10-11H,(H,12,13);5-6H2,1-4H3/b6-2+;4-2+;/t10-,12-,14-;;/m1../s1. The third-order valence-corrected chi connectivity index (χ3v) is 6.26. The number of esters is 1. The van der Waals surface area contributed by atoms with Crippen molar-refractivity contribution < 1.29 is 49.8 Å². The average molecular weight is 602 g/mol. The smallest absolute Gasteiger partial charge is 0.331 e. The predicted molar refractivity (Wildman–Crippen MR) is 162 cm³/mol. The Bertz CT molecular complexity index is 1280. The van der Waals surface area contributed by atoms with Gasteiger partial charge in [-0.05, 0) is 78.6 Å². The number of rotatable bonds is 7. The molecule has 2 aromatic carbocycles. The van der Waals surface area contributed by atoms with Gasteiger partial charge in [-0.2, -0.15) is 0 Å². The molecule has 0 radical (unpaired) electrons. The molecule has 0 heterocycles. The highest BCUT2D eigenvalue weighted by Crippen LogP contribution is 2.28. The Hall–Kier alpha value is -4.51. The molecule has 0 aliphatic heterocycles. The topological polar surface area (TPSA) is 208 Å². The molecule has 0 spiro atoms. The zero-order valence-electron chi connectivity index (χ0n) is 24.9. The van der Waals surface area contributed by atoms with Gasteiger partial charge in [-0.1, -0.05) is 46.2 Å². The number of carboxylic acids is 1. The monoisotopic (exact) mass is 601 g/mol. The van der Waals surface area contributed by atoms with Crippen LogP contribution in [0.1, 0.15) is 70.9 Å². The third kappa shape index (κ3) is 14.8. The number of hydrogen-bond acceptors (Lipinski definition) is 9. The van der Waals surface area contributed by atoms with E-state index in [-0.39, 0.29) is 29.4 Å². The Morgan fingerprint density at radius 1 is 0.884 bits per heavy atom. The van der Waals surface area contributed by atoms with Crippen molar-refractivity contribution in [3.63, 3.8) is 0 Å². The summed E-state index contributed by atoms with van der Waals surface area (Å²) >= 11 is 0. The predicted octanol–water partition coefficient (Wildman–Crippen LogP) is 4.70. The lowest BCUT2D eigenvalue weighted by atomic mass is 9.85. The molecule has 1 aliphatic rings. The molecule has 0 aromatic heterocycles. The Balaban J connectivity index is 0.000000387. The lowest BCUT2D eigenvalue weighted by molar-refractivity contribution is -0.154. The zero-order valence-corrected chi connectivity index (χ0v) is 24.9. The molecule has 1 fully saturated rings. The highest BCUT2D eigenvalue weighted by Gasteiger charge is 2.34. The summed E-state index contributed by atoms with van der Waals surface area (Å²) in [5.41, 5.74) is 6.81. The second-order valence-corrected chi connectivity index (χ2v) is 11.3. The first-order chi connectivity index (χ1) is 20.0. The van der Waals surface area contributed by atoms with Crippen molar-refractivity contribution in [2.45, 2.75) is 72.0 Å². The summed E-state index contributed by atoms with van der Waals surface area (Å²) in [5.74, 6) is -3.67. The first kappa shape index (κ1) is 36.5. The van der Waals surface area contributed by atoms with Crippen molar-refractivity contribution >= 4 is 30.0 Å². The number of aliphatic hydroxyl groups excluding tert-OH is 1. The number of aromatic hydroxyl groups is 4. The van der Waals surface area contributed by atoms with Crippen LogP contribution >= 0.6 is 0 Å². The molecule has 0 saturated heterocycles. The lowest BCUT2D eigenvalue weighted by Gasteiger charge is -2.31. The molecule has 3 rings (SSSR count). The molecule has 1 saturated carbocycles. The number of hydrogen-bond donors (Lipinski definition) is 7. The van der Waals surface area contributed by atoms with E-state index in [0.717, 1.165) is 12.2 Å². The normalized spacial score (nSPS) is 18.2. The van der Waals surface area contributed by atoms with E-state index < -0.39 is 36.0 Å². The summed E-state index contributed by atoms with van der Waals surface area (Å²) < 4.78 is 5.16. The first-order valence-corrected chi connectivity index (χ1v) is 13.8. The number of aliphatic carboxylic acids is 1. The van der Waals surface area contributed by atoms with Crippen LogP contribution in [0.5, 0.6) is 23.0 Å². The van der Waals surface area contributed by atoms with E-state index in [1.165, 1.54) is 61.4 Å². The van der Waals surface area contributed by atoms with Crippen molar-refractivity contribution in [1.29, 1.82) is 0 Å². The number of primary amides is 1. The molecule has 8 N–H and O–H groups in total. The Kier molecular flexibility index (Phi) is 14.8. The van der Waals surface area contributed by atoms with Gasteiger partial charge in [0.05, 0.1) is 6.10 Å². The molecular weight excluding hydrogens is 558 g/mol. The van der Waals surface area contributed by atoms with E-state index in [4.69, 9.17) is 25.8 Å². The fraction of sp³-hybridized carbons (Fsp3) is 0.406. The van der Waals surface area contributed by atoms with Gasteiger partial charge in [0.15, 0.2) is 23.0 Å². The molecule has 1 amide bonds. The van der Waals surface area contributed by atoms with E-state index >= 15 is 0 Å². The van der Waals surface area contributed by atoms with Crippen LogP contribution in [-0.4, -0.2) is 60.7 Å². The van der Waals surface area contributed by atoms with Crippen molar-refractivity contribution in [1.82, 2.24) is 0 Å². The van der Waals surface area contributed by atoms with Gasteiger partial charge in [0, 0.05) is 18.1 Å². The maximum Gasteiger partial charge on any atom is 0.331 e. The Morgan fingerprint density at radius 2 is 1.40 bits per heavy atom. The number of aliphatic hydroxyl groups is 1. The SMILES string of the molecule is CCCC(C)(C)C.NC(=O)[C@@H]1CC[C@@H](O)[C@H](OC(=O)/C=C/c2ccc(O)c(O)c2)C1.O=C(O)/C=C/c1ccc(O)c(O)c1. The summed E-state index contributed by atoms with van der Waals surface area (Å²) in [4.78, 5) is 33.1. The van der Waals surface area contributed by atoms with E-state index in [2.05, 4.69) is 27.7 Å². The molecule has 2 aromatic rings. The molecule has 236 valence electrons. The first-order valence-electron chi connectivity index (χ1n) is 13.8. The van der Waals surface area contributed by atoms with Crippen LogP contribution in [0.4, 0.5) is 0 Å². The van der Waals surface area contributed by atoms with Crippen molar-refractivity contribution in [3.05, 3.63) is 59.7 Å². The number of carboxylic acid groups (broad SMARTS) is 1. The number of phenolic OH excluding ortho intramolecular Hbond substituents is 4. The van der Waals surface area contributed by atoms with Crippen molar-refractivity contribution in [2.75, 3.05) is 0 Å². The van der Waals surface area contributed by atoms with Gasteiger partial charge < -0.3 is 41.1 Å². The van der Waals surface area contributed by atoms with Gasteiger partial charge >= 0.3 is 11.9 Å². The maximum absolute atomic E-state index is 11.8. The minimum atomic E-state index is -1.06. The van der Waals surface area contributed by atoms with Crippen LogP contribution in [0.15, 0.2) is 48.6 Å². The second kappa shape index (κ2) is 17.4. The molecule has 0 bridgehead atoms. The van der Waals surface area contributed by atoms with E-state index in [1.807, 2.05) is 0 Å². The molecule has 3 atom stereocenters. The average Bonchev–Trinajstić information content (AvgIpc) is 2.91. The molecule has 11 nitrogen and oxygen atoms in total. The zero-order chi connectivity index (χ0) is 32.7. The Labute approximate surface area is 251 Å². The fourth-order valence-corrected chi connectivity index (χ4v) is 4.06. The molecule has 43 heavy (non-hydrogen) atoms. The second-order valence-electron chi connectivity index (χ2n) is 11.3. The van der Waals surface area contributed by atoms with Crippen molar-refractivity contribution in [2.24, 2.45) is 17.1 Å². The van der Waals surface area contributed by atoms with Crippen LogP contribution in [0.2, 0.25) is 0 Å². The van der Waals surface area contributed by atoms with Crippen molar-refractivity contribution in [3.8, 4) is 23.0 Å². The minimum Gasteiger partial charge on any atom is -0.504 e. The number of benzene rings is 2. The van der Waals surface area contributed by atoms with E-state index in [9.17, 15) is 29.7 Å². The summed E-state index contributed by atoms with van der Waals surface area (Å²) in [6, 6.07) is 8.15. The number of nitrogens with two attached hydrogens (primary N) is 1. The van der Waals surface area contributed by atoms with Gasteiger partial charge in [-0.15, -0.1) is 0 Å². The number of carbonyl (C=O) groups excluding carboxylic acids is 2. The molecular formula is C32H43NO10. The van der Waals surface area contributed by atoms with Crippen LogP contribution in [0.25, 0.3) is 12.2 Å². The van der Waals surface area contributed by atoms with E-state index in [1.54, 1.807) is 0 Å². The molecule has 11 heteroatoms. The maximum atomic E-state index is 11.8. The van der Waals surface area contributed by atoms with Gasteiger partial charge in [0.2, 0.25) is 5.91 Å². The number of ether oxygens (including phenoxy) is 1. The number of carbonyl (C=O) groups is 3. The summed E-state index contributed by atoms with van der Waals surface area (Å²) in [7, 11) is 0. The molecule has 0 unspecified atom stereocenters. The number of phenols is 4. The van der Waals surface area contributed by atoms with Crippen LogP contribution in [0, 0.1) is 11.3 Å². The lowest BCUT2D eigenvalue weighted by Crippen LogP contribution is -2.41. The quantitative estimate of drug-likeness (QED) is 0.132. The third-order valence-electron chi connectivity index (χ3n) is 6.26. The molecule has 1 aliphatic carbocycles. The van der Waals surface area contributed by atoms with Gasteiger partial charge in [-0.25, -0.2) is 9.59 Å². The summed E-state index contributed by atoms with van der Waals surface area (Å²) in [6.07, 6.45) is 6.91. The fourth-order valence-electron chi connectivity index (χ4n) is 4.06. The van der Waals surface area contributed by atoms with Crippen LogP contribution in [-0.2, 0) is 19.1 Å². The van der Waals surface area contributed by atoms with Gasteiger partial charge in [0.1, 0.15) is 6.10 Å². The summed E-state index contributed by atoms with van der Waals surface area (Å²) in [6.45, 7) is 9.05. The largest absolute Gasteiger partial charge is 0.504 e. The Morgan fingerprint density at radius 3 is 1.79 bits per heavy atom. The number of amides is 1.